The number of fused-ring (bicyclic) bond motifs is 3. The molecule has 226 valence electrons. The normalized spacial score (nSPS) is 27.9. The molecule has 3 aliphatic carbocycles. The molecule has 43 heavy (non-hydrogen) atoms. The van der Waals surface area contributed by atoms with Crippen LogP contribution in [0.3, 0.4) is 0 Å². The number of phenols is 1. The van der Waals surface area contributed by atoms with Crippen LogP contribution in [0.15, 0.2) is 35.1 Å². The average molecular weight is 608 g/mol. The Morgan fingerprint density at radius 2 is 1.53 bits per heavy atom. The molecular weight excluding hydrogens is 587 g/mol. The van der Waals surface area contributed by atoms with Crippen LogP contribution in [0, 0.1) is 40.9 Å². The number of halogens is 5. The number of phenolic OH excluding ortho intramolecular Hbond substituents is 1. The van der Waals surface area contributed by atoms with Crippen molar-refractivity contribution >= 4 is 34.9 Å². The van der Waals surface area contributed by atoms with Gasteiger partial charge in [0.05, 0.1) is 34.8 Å². The minimum Gasteiger partial charge on any atom is -0.508 e. The second-order valence-electron chi connectivity index (χ2n) is 10.5. The van der Waals surface area contributed by atoms with Crippen LogP contribution in [0.2, 0.25) is 0 Å². The molecule has 0 bridgehead atoms. The molecule has 0 aromatic heterocycles. The molecule has 3 aliphatic rings. The first-order valence-electron chi connectivity index (χ1n) is 12.4. The summed E-state index contributed by atoms with van der Waals surface area (Å²) in [6, 6.07) is 1.56. The predicted molar refractivity (Wildman–Crippen MR) is 136 cm³/mol. The Balaban J connectivity index is 1.91. The number of hydrogen-bond donors (Lipinski definition) is 6. The monoisotopic (exact) mass is 608 g/mol. The van der Waals surface area contributed by atoms with E-state index in [1.165, 1.54) is 20.2 Å². The highest BCUT2D eigenvalue weighted by atomic mass is 19.2. The van der Waals surface area contributed by atoms with Gasteiger partial charge in [0.25, 0.3) is 5.91 Å². The zero-order chi connectivity index (χ0) is 32.0. The van der Waals surface area contributed by atoms with Crippen molar-refractivity contribution in [1.82, 2.24) is 4.90 Å². The fourth-order valence-corrected chi connectivity index (χ4v) is 6.21. The van der Waals surface area contributed by atoms with Gasteiger partial charge in [-0.3, -0.25) is 19.3 Å². The molecule has 7 N–H and O–H groups in total. The Morgan fingerprint density at radius 1 is 0.977 bits per heavy atom. The van der Waals surface area contributed by atoms with Crippen LogP contribution in [0.5, 0.6) is 5.75 Å². The number of carbonyl (C=O) groups is 3. The lowest BCUT2D eigenvalue weighted by Crippen LogP contribution is -2.70. The van der Waals surface area contributed by atoms with Crippen molar-refractivity contribution in [1.29, 1.82) is 0 Å². The lowest BCUT2D eigenvalue weighted by molar-refractivity contribution is -0.166. The summed E-state index contributed by atoms with van der Waals surface area (Å²) in [5.74, 6) is -23.4. The Labute approximate surface area is 238 Å². The maximum Gasteiger partial charge on any atom is 0.255 e. The Hall–Kier alpha value is -4.60. The van der Waals surface area contributed by atoms with Gasteiger partial charge >= 0.3 is 0 Å². The zero-order valence-electron chi connectivity index (χ0n) is 22.0. The molecule has 0 saturated heterocycles. The number of aromatic hydroxyl groups is 1. The van der Waals surface area contributed by atoms with E-state index in [9.17, 15) is 61.9 Å². The molecule has 0 unspecified atom stereocenters. The molecular formula is C28H21F5N2O8. The third kappa shape index (κ3) is 3.78. The highest BCUT2D eigenvalue weighted by Crippen LogP contribution is 2.56. The van der Waals surface area contributed by atoms with Crippen LogP contribution in [0.4, 0.5) is 22.0 Å². The van der Waals surface area contributed by atoms with Gasteiger partial charge in [0.15, 0.2) is 34.7 Å². The van der Waals surface area contributed by atoms with Crippen molar-refractivity contribution in [3.63, 3.8) is 0 Å². The first-order valence-corrected chi connectivity index (χ1v) is 12.4. The predicted octanol–water partition coefficient (Wildman–Crippen LogP) is 1.63. The number of nitrogens with two attached hydrogens (primary N) is 1. The third-order valence-corrected chi connectivity index (χ3v) is 8.07. The van der Waals surface area contributed by atoms with Gasteiger partial charge in [0, 0.05) is 5.92 Å². The number of nitrogens with zero attached hydrogens (tertiary/aromatic N) is 1. The summed E-state index contributed by atoms with van der Waals surface area (Å²) in [7, 11) is 2.51. The highest BCUT2D eigenvalue weighted by molar-refractivity contribution is 6.25. The van der Waals surface area contributed by atoms with Crippen LogP contribution in [-0.2, 0) is 14.4 Å². The fourth-order valence-electron chi connectivity index (χ4n) is 6.21. The lowest BCUT2D eigenvalue weighted by Gasteiger charge is -2.53. The lowest BCUT2D eigenvalue weighted by atomic mass is 9.55. The fraction of sp³-hybridized carbons (Fsp3) is 0.250. The van der Waals surface area contributed by atoms with Gasteiger partial charge in [-0.05, 0) is 37.4 Å². The summed E-state index contributed by atoms with van der Waals surface area (Å²) in [4.78, 5) is 40.5. The number of aliphatic hydroxyl groups excluding tert-OH is 3. The molecule has 2 aromatic rings. The number of aliphatic hydroxyl groups is 4. The van der Waals surface area contributed by atoms with E-state index >= 15 is 0 Å². The molecule has 5 atom stereocenters. The van der Waals surface area contributed by atoms with Crippen molar-refractivity contribution < 1.29 is 61.9 Å². The number of primary amides is 1. The van der Waals surface area contributed by atoms with Gasteiger partial charge in [-0.2, -0.15) is 0 Å². The van der Waals surface area contributed by atoms with E-state index in [1.807, 2.05) is 0 Å². The van der Waals surface area contributed by atoms with E-state index in [2.05, 4.69) is 0 Å². The molecule has 15 heteroatoms. The zero-order valence-corrected chi connectivity index (χ0v) is 22.0. The van der Waals surface area contributed by atoms with Gasteiger partial charge in [0.1, 0.15) is 22.8 Å². The van der Waals surface area contributed by atoms with Gasteiger partial charge in [0.2, 0.25) is 11.6 Å². The maximum absolute atomic E-state index is 14.8. The standard InChI is InChI=1S/C28H21F5N2O8/c1-35(2)21-15-23(38)12-8(6-9-16(29)18(31)20(33)19(32)17(9)30)7-4-3-5-10(36)11(7)22(37)13(12)25(40)28(15,43)26(41)14(24(21)39)27(34)42/h3-6,12,15,21,23,36-38,41,43H,1-2H3,(H2,34,42)/b8-6+/t12-,15-,21+,23+,28+/m1/s1. The number of benzene rings is 2. The number of amides is 1. The van der Waals surface area contributed by atoms with E-state index < -0.39 is 121 Å². The molecule has 10 nitrogen and oxygen atoms in total. The first kappa shape index (κ1) is 29.9. The van der Waals surface area contributed by atoms with E-state index in [-0.39, 0.29) is 5.56 Å². The van der Waals surface area contributed by atoms with Crippen molar-refractivity contribution in [2.24, 2.45) is 17.6 Å². The Morgan fingerprint density at radius 3 is 2.07 bits per heavy atom. The topological polar surface area (TPSA) is 182 Å². The maximum atomic E-state index is 14.8. The van der Waals surface area contributed by atoms with Crippen molar-refractivity contribution in [2.75, 3.05) is 14.1 Å². The third-order valence-electron chi connectivity index (χ3n) is 8.07. The van der Waals surface area contributed by atoms with Crippen LogP contribution in [0.25, 0.3) is 17.4 Å². The quantitative estimate of drug-likeness (QED) is 0.131. The molecule has 0 spiro atoms. The highest BCUT2D eigenvalue weighted by Gasteiger charge is 2.68. The number of rotatable bonds is 3. The summed E-state index contributed by atoms with van der Waals surface area (Å²) in [6.45, 7) is 0. The van der Waals surface area contributed by atoms with Crippen molar-refractivity contribution in [3.8, 4) is 5.75 Å². The molecule has 1 fully saturated rings. The summed E-state index contributed by atoms with van der Waals surface area (Å²) in [6.07, 6.45) is -1.83. The second kappa shape index (κ2) is 9.72. The van der Waals surface area contributed by atoms with Crippen molar-refractivity contribution in [2.45, 2.75) is 17.7 Å². The van der Waals surface area contributed by atoms with Gasteiger partial charge in [-0.1, -0.05) is 12.1 Å². The first-order chi connectivity index (χ1) is 20.0. The molecule has 1 amide bonds. The number of carbonyl (C=O) groups excluding carboxylic acids is 3. The van der Waals surface area contributed by atoms with E-state index in [4.69, 9.17) is 5.73 Å². The Bertz CT molecular complexity index is 1740. The number of ketones is 2. The van der Waals surface area contributed by atoms with Gasteiger partial charge in [-0.25, -0.2) is 22.0 Å². The minimum atomic E-state index is -3.30. The van der Waals surface area contributed by atoms with Gasteiger partial charge < -0.3 is 31.3 Å². The van der Waals surface area contributed by atoms with E-state index in [0.717, 1.165) is 17.0 Å². The number of hydrogen-bond acceptors (Lipinski definition) is 9. The van der Waals surface area contributed by atoms with Crippen LogP contribution < -0.4 is 5.73 Å². The molecule has 1 saturated carbocycles. The summed E-state index contributed by atoms with van der Waals surface area (Å²) < 4.78 is 71.7. The summed E-state index contributed by atoms with van der Waals surface area (Å²) in [5.41, 5.74) is -3.21. The molecule has 0 radical (unpaired) electrons. The minimum absolute atomic E-state index is 0.325. The number of likely N-dealkylation sites (N-methyl/N-ethyl adjacent to an activating group) is 1. The van der Waals surface area contributed by atoms with E-state index in [1.54, 1.807) is 0 Å². The molecule has 2 aromatic carbocycles. The van der Waals surface area contributed by atoms with Crippen LogP contribution in [0.1, 0.15) is 16.7 Å². The Kier molecular flexibility index (Phi) is 6.75. The van der Waals surface area contributed by atoms with Crippen molar-refractivity contribution in [3.05, 3.63) is 80.9 Å². The average Bonchev–Trinajstić information content (AvgIpc) is 2.93. The smallest absolute Gasteiger partial charge is 0.255 e. The van der Waals surface area contributed by atoms with E-state index in [0.29, 0.717) is 6.08 Å². The molecule has 0 aliphatic heterocycles. The largest absolute Gasteiger partial charge is 0.508 e. The summed E-state index contributed by atoms with van der Waals surface area (Å²) >= 11 is 0. The SMILES string of the molecule is CN(C)[C@@H]1C(=O)C(C(N)=O)=C(O)[C@@]2(O)C(=O)C3=C(O)c4c(O)cccc4/C(=C\c4c(F)c(F)c(F)c(F)c4F)[C@H]3[C@H](O)[C@@H]12. The van der Waals surface area contributed by atoms with Crippen LogP contribution >= 0.6 is 0 Å². The second-order valence-corrected chi connectivity index (χ2v) is 10.5. The molecule has 0 heterocycles. The van der Waals surface area contributed by atoms with Gasteiger partial charge in [-0.15, -0.1) is 0 Å². The summed E-state index contributed by atoms with van der Waals surface area (Å²) in [5, 5.41) is 56.1. The molecule has 5 rings (SSSR count). The number of Topliss-reactive ketones (excluding diaryl/α,β-unsaturated/α-hetero) is 2. The van der Waals surface area contributed by atoms with Crippen LogP contribution in [-0.4, -0.2) is 79.7 Å².